The van der Waals surface area contributed by atoms with Crippen LogP contribution >= 0.6 is 0 Å². The summed E-state index contributed by atoms with van der Waals surface area (Å²) in [5, 5.41) is 0. The van der Waals surface area contributed by atoms with Crippen LogP contribution in [0.15, 0.2) is 12.4 Å². The van der Waals surface area contributed by atoms with Crippen LogP contribution in [-0.4, -0.2) is 61.1 Å². The molecule has 0 aliphatic carbocycles. The number of unbranched alkanes of at least 4 members (excludes halogenated alkanes) is 2. The Balaban J connectivity index is 0.000000922. The van der Waals surface area contributed by atoms with Crippen LogP contribution in [0.4, 0.5) is 0 Å². The fourth-order valence-electron chi connectivity index (χ4n) is 1.63. The minimum atomic E-state index is -4.67. The van der Waals surface area contributed by atoms with Gasteiger partial charge < -0.3 is 0 Å². The first-order chi connectivity index (χ1) is 10.8. The van der Waals surface area contributed by atoms with Crippen molar-refractivity contribution in [1.82, 2.24) is 8.61 Å². The Bertz CT molecular complexity index is 658. The number of hydrogen-bond acceptors (Lipinski definition) is 6. The van der Waals surface area contributed by atoms with Crippen LogP contribution in [0.2, 0.25) is 0 Å². The average molecular weight is 409 g/mol. The zero-order valence-corrected chi connectivity index (χ0v) is 16.0. The molecule has 2 N–H and O–H groups in total. The van der Waals surface area contributed by atoms with E-state index in [4.69, 9.17) is 17.5 Å². The molecular formula is C11H24N2O8S3. The third kappa shape index (κ3) is 9.42. The minimum Gasteiger partial charge on any atom is -0.264 e. The van der Waals surface area contributed by atoms with Gasteiger partial charge in [-0.05, 0) is 12.8 Å². The first-order valence-corrected chi connectivity index (χ1v) is 11.8. The van der Waals surface area contributed by atoms with Gasteiger partial charge in [0.2, 0.25) is 20.0 Å². The molecule has 0 aromatic heterocycles. The first-order valence-electron chi connectivity index (χ1n) is 7.20. The molecule has 0 saturated heterocycles. The third-order valence-electron chi connectivity index (χ3n) is 2.90. The summed E-state index contributed by atoms with van der Waals surface area (Å²) >= 11 is 0. The van der Waals surface area contributed by atoms with Crippen LogP contribution in [-0.2, 0) is 30.4 Å². The number of rotatable bonds is 8. The van der Waals surface area contributed by atoms with Gasteiger partial charge in [-0.15, -0.1) is 0 Å². The predicted molar refractivity (Wildman–Crippen MR) is 89.3 cm³/mol. The van der Waals surface area contributed by atoms with Crippen molar-refractivity contribution in [2.75, 3.05) is 18.2 Å². The molecule has 0 fully saturated rings. The molecule has 0 radical (unpaired) electrons. The summed E-state index contributed by atoms with van der Waals surface area (Å²) in [5.74, 6) is 0.105. The van der Waals surface area contributed by atoms with Gasteiger partial charge in [0.05, 0.1) is 11.5 Å². The Labute approximate surface area is 143 Å². The SMILES string of the molecule is CCCCS(=O)(=O)N1C=CN(S(=O)(=O)CCCC)C1.O=S(=O)(O)O. The van der Waals surface area contributed by atoms with Crippen molar-refractivity contribution in [1.29, 1.82) is 0 Å². The van der Waals surface area contributed by atoms with Gasteiger partial charge >= 0.3 is 10.4 Å². The van der Waals surface area contributed by atoms with Crippen LogP contribution in [0.5, 0.6) is 0 Å². The van der Waals surface area contributed by atoms with E-state index >= 15 is 0 Å². The molecule has 0 amide bonds. The summed E-state index contributed by atoms with van der Waals surface area (Å²) in [6.45, 7) is 3.70. The molecule has 24 heavy (non-hydrogen) atoms. The number of hydrogen-bond donors (Lipinski definition) is 2. The van der Waals surface area contributed by atoms with E-state index < -0.39 is 30.4 Å². The van der Waals surface area contributed by atoms with Crippen molar-refractivity contribution in [2.24, 2.45) is 0 Å². The molecule has 13 heteroatoms. The van der Waals surface area contributed by atoms with Crippen molar-refractivity contribution in [3.05, 3.63) is 12.4 Å². The fraction of sp³-hybridized carbons (Fsp3) is 0.818. The van der Waals surface area contributed by atoms with Crippen LogP contribution in [0, 0.1) is 0 Å². The minimum absolute atomic E-state index is 0.0523. The van der Waals surface area contributed by atoms with Crippen LogP contribution in [0.1, 0.15) is 39.5 Å². The highest BCUT2D eigenvalue weighted by Crippen LogP contribution is 2.17. The van der Waals surface area contributed by atoms with Gasteiger partial charge in [-0.25, -0.2) is 16.8 Å². The van der Waals surface area contributed by atoms with Crippen molar-refractivity contribution < 1.29 is 34.4 Å². The lowest BCUT2D eigenvalue weighted by molar-refractivity contribution is 0.380. The lowest BCUT2D eigenvalue weighted by atomic mass is 10.4. The highest BCUT2D eigenvalue weighted by atomic mass is 32.3. The molecule has 0 saturated carbocycles. The largest absolute Gasteiger partial charge is 0.394 e. The van der Waals surface area contributed by atoms with E-state index in [0.29, 0.717) is 12.8 Å². The molecule has 0 bridgehead atoms. The Morgan fingerprint density at radius 1 is 0.792 bits per heavy atom. The van der Waals surface area contributed by atoms with Gasteiger partial charge in [0.1, 0.15) is 6.67 Å². The van der Waals surface area contributed by atoms with E-state index in [1.807, 2.05) is 13.8 Å². The zero-order chi connectivity index (χ0) is 19.0. The second-order valence-corrected chi connectivity index (χ2v) is 9.98. The van der Waals surface area contributed by atoms with E-state index in [1.165, 1.54) is 12.4 Å². The van der Waals surface area contributed by atoms with Gasteiger partial charge in [0.25, 0.3) is 0 Å². The maximum atomic E-state index is 11.9. The highest BCUT2D eigenvalue weighted by molar-refractivity contribution is 7.90. The molecule has 10 nitrogen and oxygen atoms in total. The lowest BCUT2D eigenvalue weighted by Gasteiger charge is -2.20. The Morgan fingerprint density at radius 2 is 1.08 bits per heavy atom. The van der Waals surface area contributed by atoms with Crippen molar-refractivity contribution in [3.63, 3.8) is 0 Å². The molecule has 0 unspecified atom stereocenters. The maximum Gasteiger partial charge on any atom is 0.394 e. The maximum absolute atomic E-state index is 11.9. The van der Waals surface area contributed by atoms with Crippen molar-refractivity contribution >= 4 is 30.4 Å². The average Bonchev–Trinajstić information content (AvgIpc) is 2.92. The van der Waals surface area contributed by atoms with Crippen molar-refractivity contribution in [2.45, 2.75) is 39.5 Å². The van der Waals surface area contributed by atoms with E-state index in [2.05, 4.69) is 0 Å². The summed E-state index contributed by atoms with van der Waals surface area (Å²) in [6.07, 6.45) is 5.39. The quantitative estimate of drug-likeness (QED) is 0.556. The molecule has 1 rings (SSSR count). The van der Waals surface area contributed by atoms with E-state index in [0.717, 1.165) is 21.5 Å². The Hall–Kier alpha value is -0.890. The summed E-state index contributed by atoms with van der Waals surface area (Å²) in [7, 11) is -11.5. The van der Waals surface area contributed by atoms with E-state index in [9.17, 15) is 16.8 Å². The second-order valence-electron chi connectivity index (χ2n) is 5.00. The molecule has 0 atom stereocenters. The molecular weight excluding hydrogens is 384 g/mol. The second kappa shape index (κ2) is 9.56. The van der Waals surface area contributed by atoms with Gasteiger partial charge in [-0.2, -0.15) is 8.42 Å². The third-order valence-corrected chi connectivity index (χ3v) is 6.42. The van der Waals surface area contributed by atoms with E-state index in [-0.39, 0.29) is 18.2 Å². The fourth-order valence-corrected chi connectivity index (χ4v) is 4.56. The summed E-state index contributed by atoms with van der Waals surface area (Å²) in [5.41, 5.74) is 0. The monoisotopic (exact) mass is 408 g/mol. The normalized spacial score (nSPS) is 15.3. The predicted octanol–water partition coefficient (Wildman–Crippen LogP) is 0.640. The van der Waals surface area contributed by atoms with E-state index in [1.54, 1.807) is 0 Å². The lowest BCUT2D eigenvalue weighted by Crippen LogP contribution is -2.35. The molecule has 0 spiro atoms. The Morgan fingerprint density at radius 3 is 1.33 bits per heavy atom. The van der Waals surface area contributed by atoms with Crippen LogP contribution in [0.3, 0.4) is 0 Å². The number of nitrogens with zero attached hydrogens (tertiary/aromatic N) is 2. The summed E-state index contributed by atoms with van der Waals surface area (Å²) in [6, 6.07) is 0. The standard InChI is InChI=1S/C11H22N2O4S2.H2O4S/c1-3-5-9-18(14,15)12-7-8-13(11-12)19(16,17)10-6-4-2;1-5(2,3)4/h7-8H,3-6,9-11H2,1-2H3;(H2,1,2,3,4). The van der Waals surface area contributed by atoms with Crippen LogP contribution < -0.4 is 0 Å². The molecule has 0 aromatic carbocycles. The summed E-state index contributed by atoms with van der Waals surface area (Å²) in [4.78, 5) is 0. The first kappa shape index (κ1) is 23.1. The highest BCUT2D eigenvalue weighted by Gasteiger charge is 2.29. The molecule has 1 aliphatic heterocycles. The molecule has 144 valence electrons. The summed E-state index contributed by atoms with van der Waals surface area (Å²) < 4.78 is 81.5. The van der Waals surface area contributed by atoms with Gasteiger partial charge in [0.15, 0.2) is 0 Å². The van der Waals surface area contributed by atoms with Gasteiger partial charge in [0, 0.05) is 12.4 Å². The topological polar surface area (TPSA) is 149 Å². The smallest absolute Gasteiger partial charge is 0.264 e. The molecule has 1 aliphatic rings. The van der Waals surface area contributed by atoms with Gasteiger partial charge in [-0.3, -0.25) is 17.7 Å². The van der Waals surface area contributed by atoms with Crippen molar-refractivity contribution in [3.8, 4) is 0 Å². The number of sulfonamides is 2. The van der Waals surface area contributed by atoms with Gasteiger partial charge in [-0.1, -0.05) is 26.7 Å². The zero-order valence-electron chi connectivity index (χ0n) is 13.6. The molecule has 1 heterocycles. The van der Waals surface area contributed by atoms with Crippen LogP contribution in [0.25, 0.3) is 0 Å². The Kier molecular flexibility index (Phi) is 9.20. The molecule has 0 aromatic rings.